The smallest absolute Gasteiger partial charge is 0.255 e. The maximum atomic E-state index is 12.4. The fraction of sp³-hybridized carbons (Fsp3) is 0.300. The molecule has 0 saturated carbocycles. The van der Waals surface area contributed by atoms with Gasteiger partial charge in [0.1, 0.15) is 5.75 Å². The fourth-order valence-corrected chi connectivity index (χ4v) is 2.39. The van der Waals surface area contributed by atoms with Gasteiger partial charge in [0.25, 0.3) is 11.8 Å². The molecule has 5 heteroatoms. The van der Waals surface area contributed by atoms with Gasteiger partial charge in [-0.15, -0.1) is 0 Å². The zero-order valence-electron chi connectivity index (χ0n) is 14.8. The number of hydrogen-bond acceptors (Lipinski definition) is 3. The fourth-order valence-electron chi connectivity index (χ4n) is 2.39. The lowest BCUT2D eigenvalue weighted by Gasteiger charge is -2.26. The molecule has 2 aromatic carbocycles. The van der Waals surface area contributed by atoms with Crippen molar-refractivity contribution >= 4 is 11.8 Å². The minimum absolute atomic E-state index is 0.190. The van der Waals surface area contributed by atoms with Crippen molar-refractivity contribution in [2.45, 2.75) is 26.2 Å². The number of ether oxygens (including phenoxy) is 1. The van der Waals surface area contributed by atoms with Crippen molar-refractivity contribution in [3.8, 4) is 5.75 Å². The molecule has 0 fully saturated rings. The van der Waals surface area contributed by atoms with Crippen molar-refractivity contribution in [1.82, 2.24) is 5.32 Å². The van der Waals surface area contributed by atoms with E-state index in [1.807, 2.05) is 6.92 Å². The average molecular weight is 340 g/mol. The Morgan fingerprint density at radius 3 is 2.44 bits per heavy atom. The summed E-state index contributed by atoms with van der Waals surface area (Å²) in [5.74, 6) is -0.316. The largest absolute Gasteiger partial charge is 0.484 e. The average Bonchev–Trinajstić information content (AvgIpc) is 2.58. The third-order valence-corrected chi connectivity index (χ3v) is 4.00. The molecular weight excluding hydrogens is 316 g/mol. The van der Waals surface area contributed by atoms with Gasteiger partial charge < -0.3 is 15.8 Å². The number of hydrogen-bond donors (Lipinski definition) is 2. The van der Waals surface area contributed by atoms with Crippen LogP contribution < -0.4 is 15.8 Å². The number of benzene rings is 2. The normalized spacial score (nSPS) is 11.0. The predicted octanol–water partition coefficient (Wildman–Crippen LogP) is 2.57. The van der Waals surface area contributed by atoms with E-state index in [1.54, 1.807) is 24.3 Å². The molecule has 0 heterocycles. The van der Waals surface area contributed by atoms with Gasteiger partial charge in [0.05, 0.1) is 0 Å². The SMILES string of the molecule is Cc1ccc(C(C)(C)CNC(=O)c2cccc(OCC(N)=O)c2)cc1. The highest BCUT2D eigenvalue weighted by Crippen LogP contribution is 2.23. The summed E-state index contributed by atoms with van der Waals surface area (Å²) in [5, 5.41) is 2.96. The molecule has 5 nitrogen and oxygen atoms in total. The van der Waals surface area contributed by atoms with E-state index in [-0.39, 0.29) is 17.9 Å². The van der Waals surface area contributed by atoms with Gasteiger partial charge in [-0.3, -0.25) is 9.59 Å². The number of nitrogens with two attached hydrogens (primary N) is 1. The summed E-state index contributed by atoms with van der Waals surface area (Å²) in [7, 11) is 0. The summed E-state index contributed by atoms with van der Waals surface area (Å²) in [5.41, 5.74) is 7.71. The first-order valence-corrected chi connectivity index (χ1v) is 8.14. The molecule has 25 heavy (non-hydrogen) atoms. The van der Waals surface area contributed by atoms with E-state index in [2.05, 4.69) is 43.4 Å². The van der Waals surface area contributed by atoms with Gasteiger partial charge >= 0.3 is 0 Å². The number of primary amides is 1. The Balaban J connectivity index is 2.00. The third-order valence-electron chi connectivity index (χ3n) is 4.00. The Hall–Kier alpha value is -2.82. The number of carbonyl (C=O) groups is 2. The molecule has 0 bridgehead atoms. The van der Waals surface area contributed by atoms with Gasteiger partial charge in [-0.1, -0.05) is 49.7 Å². The Morgan fingerprint density at radius 1 is 1.12 bits per heavy atom. The van der Waals surface area contributed by atoms with Crippen LogP contribution in [0.15, 0.2) is 48.5 Å². The summed E-state index contributed by atoms with van der Waals surface area (Å²) in [6.45, 7) is 6.51. The Morgan fingerprint density at radius 2 is 1.80 bits per heavy atom. The van der Waals surface area contributed by atoms with E-state index in [4.69, 9.17) is 10.5 Å². The zero-order chi connectivity index (χ0) is 18.4. The van der Waals surface area contributed by atoms with E-state index in [0.717, 1.165) is 5.56 Å². The Labute approximate surface area is 148 Å². The molecule has 0 aromatic heterocycles. The lowest BCUT2D eigenvalue weighted by atomic mass is 9.84. The predicted molar refractivity (Wildman–Crippen MR) is 97.7 cm³/mol. The maximum absolute atomic E-state index is 12.4. The summed E-state index contributed by atoms with van der Waals surface area (Å²) >= 11 is 0. The van der Waals surface area contributed by atoms with Crippen molar-refractivity contribution in [3.05, 3.63) is 65.2 Å². The molecule has 0 spiro atoms. The lowest BCUT2D eigenvalue weighted by Crippen LogP contribution is -2.36. The second kappa shape index (κ2) is 7.83. The van der Waals surface area contributed by atoms with Crippen LogP contribution in [0.2, 0.25) is 0 Å². The van der Waals surface area contributed by atoms with E-state index >= 15 is 0 Å². The van der Waals surface area contributed by atoms with E-state index in [1.165, 1.54) is 5.56 Å². The highest BCUT2D eigenvalue weighted by Gasteiger charge is 2.21. The summed E-state index contributed by atoms with van der Waals surface area (Å²) in [4.78, 5) is 23.2. The van der Waals surface area contributed by atoms with E-state index in [0.29, 0.717) is 17.9 Å². The molecule has 0 unspecified atom stereocenters. The van der Waals surface area contributed by atoms with Crippen LogP contribution in [-0.2, 0) is 10.2 Å². The first-order valence-electron chi connectivity index (χ1n) is 8.14. The van der Waals surface area contributed by atoms with Crippen molar-refractivity contribution in [1.29, 1.82) is 0 Å². The lowest BCUT2D eigenvalue weighted by molar-refractivity contribution is -0.119. The van der Waals surface area contributed by atoms with Gasteiger partial charge in [0, 0.05) is 17.5 Å². The molecule has 2 rings (SSSR count). The summed E-state index contributed by atoms with van der Waals surface area (Å²) in [6, 6.07) is 15.0. The van der Waals surface area contributed by atoms with Crippen molar-refractivity contribution < 1.29 is 14.3 Å². The third kappa shape index (κ3) is 5.35. The van der Waals surface area contributed by atoms with Crippen molar-refractivity contribution in [2.24, 2.45) is 5.73 Å². The van der Waals surface area contributed by atoms with Crippen molar-refractivity contribution in [3.63, 3.8) is 0 Å². The van der Waals surface area contributed by atoms with Gasteiger partial charge in [-0.25, -0.2) is 0 Å². The quantitative estimate of drug-likeness (QED) is 0.813. The number of carbonyl (C=O) groups excluding carboxylic acids is 2. The highest BCUT2D eigenvalue weighted by atomic mass is 16.5. The molecule has 0 radical (unpaired) electrons. The van der Waals surface area contributed by atoms with Gasteiger partial charge in [-0.2, -0.15) is 0 Å². The van der Waals surface area contributed by atoms with Crippen LogP contribution in [0.1, 0.15) is 35.3 Å². The molecule has 0 atom stereocenters. The Bertz CT molecular complexity index is 752. The van der Waals surface area contributed by atoms with Crippen LogP contribution in [-0.4, -0.2) is 25.0 Å². The van der Waals surface area contributed by atoms with Crippen LogP contribution in [0.4, 0.5) is 0 Å². The summed E-state index contributed by atoms with van der Waals surface area (Å²) < 4.78 is 5.23. The van der Waals surface area contributed by atoms with Crippen LogP contribution in [0.25, 0.3) is 0 Å². The van der Waals surface area contributed by atoms with E-state index in [9.17, 15) is 9.59 Å². The van der Waals surface area contributed by atoms with Gasteiger partial charge in [0.15, 0.2) is 6.61 Å². The molecule has 0 aliphatic heterocycles. The molecule has 2 aromatic rings. The monoisotopic (exact) mass is 340 g/mol. The molecule has 3 N–H and O–H groups in total. The van der Waals surface area contributed by atoms with Crippen LogP contribution in [0.3, 0.4) is 0 Å². The molecule has 0 saturated heterocycles. The van der Waals surface area contributed by atoms with Gasteiger partial charge in [0.2, 0.25) is 0 Å². The van der Waals surface area contributed by atoms with E-state index < -0.39 is 5.91 Å². The Kier molecular flexibility index (Phi) is 5.80. The molecular formula is C20H24N2O3. The van der Waals surface area contributed by atoms with Crippen LogP contribution in [0, 0.1) is 6.92 Å². The summed E-state index contributed by atoms with van der Waals surface area (Å²) in [6.07, 6.45) is 0. The standard InChI is InChI=1S/C20H24N2O3/c1-14-7-9-16(10-8-14)20(2,3)13-22-19(24)15-5-4-6-17(11-15)25-12-18(21)23/h4-11H,12-13H2,1-3H3,(H2,21,23)(H,22,24). The highest BCUT2D eigenvalue weighted by molar-refractivity contribution is 5.94. The second-order valence-corrected chi connectivity index (χ2v) is 6.72. The van der Waals surface area contributed by atoms with Gasteiger partial charge in [-0.05, 0) is 30.7 Å². The zero-order valence-corrected chi connectivity index (χ0v) is 14.8. The molecule has 0 aliphatic carbocycles. The van der Waals surface area contributed by atoms with Crippen LogP contribution >= 0.6 is 0 Å². The maximum Gasteiger partial charge on any atom is 0.255 e. The number of nitrogens with one attached hydrogen (secondary N) is 1. The van der Waals surface area contributed by atoms with Crippen LogP contribution in [0.5, 0.6) is 5.75 Å². The number of amides is 2. The number of rotatable bonds is 7. The minimum atomic E-state index is -0.560. The topological polar surface area (TPSA) is 81.4 Å². The number of aryl methyl sites for hydroxylation is 1. The first kappa shape index (κ1) is 18.5. The minimum Gasteiger partial charge on any atom is -0.484 e. The second-order valence-electron chi connectivity index (χ2n) is 6.72. The molecule has 2 amide bonds. The molecule has 0 aliphatic rings. The van der Waals surface area contributed by atoms with Crippen molar-refractivity contribution in [2.75, 3.05) is 13.2 Å². The molecule has 132 valence electrons. The first-order chi connectivity index (χ1) is 11.8.